The van der Waals surface area contributed by atoms with Gasteiger partial charge in [0.2, 0.25) is 0 Å². The number of nitrogens with two attached hydrogens (primary N) is 1. The van der Waals surface area contributed by atoms with Gasteiger partial charge < -0.3 is 20.9 Å². The van der Waals surface area contributed by atoms with E-state index >= 15 is 0 Å². The van der Waals surface area contributed by atoms with Gasteiger partial charge in [0.05, 0.1) is 0 Å². The first kappa shape index (κ1) is 21.1. The van der Waals surface area contributed by atoms with Crippen LogP contribution in [0.4, 0.5) is 13.6 Å². The number of carboxylic acids is 1. The van der Waals surface area contributed by atoms with Crippen LogP contribution in [0.25, 0.3) is 0 Å². The van der Waals surface area contributed by atoms with Crippen LogP contribution in [0.5, 0.6) is 0 Å². The van der Waals surface area contributed by atoms with Crippen LogP contribution in [0.3, 0.4) is 0 Å². The van der Waals surface area contributed by atoms with Crippen molar-refractivity contribution in [1.82, 2.24) is 5.32 Å². The maximum atomic E-state index is 12.7. The number of rotatable bonds is 9. The van der Waals surface area contributed by atoms with Gasteiger partial charge in [-0.05, 0) is 50.5 Å². The molecular weight excluding hydrogens is 334 g/mol. The van der Waals surface area contributed by atoms with Crippen molar-refractivity contribution < 1.29 is 28.2 Å². The summed E-state index contributed by atoms with van der Waals surface area (Å²) in [4.78, 5) is 22.4. The highest BCUT2D eigenvalue weighted by Crippen LogP contribution is 2.28. The van der Waals surface area contributed by atoms with Gasteiger partial charge in [-0.2, -0.15) is 0 Å². The molecule has 2 atom stereocenters. The number of carboxylic acid groups (broad SMARTS) is 1. The monoisotopic (exact) mass is 360 g/mol. The zero-order valence-electron chi connectivity index (χ0n) is 14.4. The molecule has 25 heavy (non-hydrogen) atoms. The molecule has 0 heterocycles. The highest BCUT2D eigenvalue weighted by molar-refractivity contribution is 5.79. The second-order valence-electron chi connectivity index (χ2n) is 6.43. The number of carbonyl (C=O) groups is 2. The zero-order valence-corrected chi connectivity index (χ0v) is 14.4. The molecule has 1 amide bonds. The molecule has 0 radical (unpaired) electrons. The van der Waals surface area contributed by atoms with E-state index in [4.69, 9.17) is 15.6 Å². The third-order valence-corrected chi connectivity index (χ3v) is 4.41. The van der Waals surface area contributed by atoms with Crippen LogP contribution < -0.4 is 11.1 Å². The summed E-state index contributed by atoms with van der Waals surface area (Å²) in [5.74, 6) is -1.29. The van der Waals surface area contributed by atoms with Crippen LogP contribution in [0.15, 0.2) is 23.8 Å². The molecule has 1 rings (SSSR count). The molecule has 0 saturated carbocycles. The summed E-state index contributed by atoms with van der Waals surface area (Å²) in [6.07, 6.45) is 0.460. The lowest BCUT2D eigenvalue weighted by atomic mass is 9.86. The van der Waals surface area contributed by atoms with Crippen molar-refractivity contribution in [3.63, 3.8) is 0 Å². The molecule has 0 aromatic rings. The first-order valence-electron chi connectivity index (χ1n) is 8.21. The van der Waals surface area contributed by atoms with Crippen molar-refractivity contribution >= 4 is 12.1 Å². The van der Waals surface area contributed by atoms with Gasteiger partial charge in [0, 0.05) is 6.54 Å². The predicted molar refractivity (Wildman–Crippen MR) is 89.4 cm³/mol. The van der Waals surface area contributed by atoms with Crippen LogP contribution >= 0.6 is 0 Å². The van der Waals surface area contributed by atoms with Crippen molar-refractivity contribution in [2.24, 2.45) is 11.7 Å². The molecule has 142 valence electrons. The Hall–Kier alpha value is -1.96. The third-order valence-electron chi connectivity index (χ3n) is 4.41. The van der Waals surface area contributed by atoms with E-state index in [0.29, 0.717) is 5.92 Å². The molecule has 0 spiro atoms. The van der Waals surface area contributed by atoms with Crippen molar-refractivity contribution in [1.29, 1.82) is 0 Å². The van der Waals surface area contributed by atoms with Gasteiger partial charge in [-0.15, -0.1) is 0 Å². The molecule has 4 N–H and O–H groups in total. The largest absolute Gasteiger partial charge is 0.480 e. The molecule has 1 aliphatic rings. The van der Waals surface area contributed by atoms with Crippen LogP contribution in [-0.4, -0.2) is 42.3 Å². The van der Waals surface area contributed by atoms with Crippen LogP contribution in [-0.2, 0) is 9.53 Å². The Morgan fingerprint density at radius 1 is 1.56 bits per heavy atom. The Kier molecular flexibility index (Phi) is 8.02. The molecule has 0 bridgehead atoms. The number of ether oxygens (including phenoxy) is 1. The van der Waals surface area contributed by atoms with Gasteiger partial charge in [0.15, 0.2) is 5.54 Å². The lowest BCUT2D eigenvalue weighted by molar-refractivity contribution is -0.150. The summed E-state index contributed by atoms with van der Waals surface area (Å²) < 4.78 is 30.5. The Morgan fingerprint density at radius 3 is 2.72 bits per heavy atom. The molecule has 6 nitrogen and oxygen atoms in total. The van der Waals surface area contributed by atoms with Crippen molar-refractivity contribution in [3.8, 4) is 0 Å². The highest BCUT2D eigenvalue weighted by atomic mass is 19.3. The molecule has 2 unspecified atom stereocenters. The topological polar surface area (TPSA) is 102 Å². The van der Waals surface area contributed by atoms with Crippen LogP contribution in [0.1, 0.15) is 39.0 Å². The summed E-state index contributed by atoms with van der Waals surface area (Å²) in [5, 5.41) is 11.2. The summed E-state index contributed by atoms with van der Waals surface area (Å²) in [5.41, 5.74) is 4.77. The van der Waals surface area contributed by atoms with Crippen LogP contribution in [0.2, 0.25) is 0 Å². The van der Waals surface area contributed by atoms with E-state index < -0.39 is 30.4 Å². The van der Waals surface area contributed by atoms with E-state index in [0.717, 1.165) is 30.4 Å². The first-order valence-corrected chi connectivity index (χ1v) is 8.21. The maximum Gasteiger partial charge on any atom is 0.407 e. The SMILES string of the molecule is C=C(C)C1CC=C(COC(=O)NCCCC(N)(C(=O)O)C(F)F)CC1. The van der Waals surface area contributed by atoms with Crippen LogP contribution in [0, 0.1) is 5.92 Å². The van der Waals surface area contributed by atoms with E-state index in [1.165, 1.54) is 0 Å². The number of alkyl carbamates (subject to hydrolysis) is 1. The number of halogens is 2. The molecule has 0 aromatic carbocycles. The van der Waals surface area contributed by atoms with Crippen molar-refractivity contribution in [2.45, 2.75) is 51.0 Å². The predicted octanol–water partition coefficient (Wildman–Crippen LogP) is 2.84. The molecule has 0 aromatic heterocycles. The highest BCUT2D eigenvalue weighted by Gasteiger charge is 2.43. The molecule has 0 saturated heterocycles. The smallest absolute Gasteiger partial charge is 0.407 e. The fourth-order valence-corrected chi connectivity index (χ4v) is 2.56. The molecule has 1 aliphatic carbocycles. The fraction of sp³-hybridized carbons (Fsp3) is 0.647. The fourth-order valence-electron chi connectivity index (χ4n) is 2.56. The molecule has 0 aliphatic heterocycles. The third kappa shape index (κ3) is 6.45. The first-order chi connectivity index (χ1) is 11.7. The zero-order chi connectivity index (χ0) is 19.0. The number of carbonyl (C=O) groups excluding carboxylic acids is 1. The number of aliphatic carboxylic acids is 1. The van der Waals surface area contributed by atoms with Gasteiger partial charge in [-0.3, -0.25) is 0 Å². The summed E-state index contributed by atoms with van der Waals surface area (Å²) in [7, 11) is 0. The second kappa shape index (κ2) is 9.50. The summed E-state index contributed by atoms with van der Waals surface area (Å²) in [6.45, 7) is 6.13. The number of hydrogen-bond acceptors (Lipinski definition) is 4. The number of allylic oxidation sites excluding steroid dienone is 2. The number of hydrogen-bond donors (Lipinski definition) is 3. The molecular formula is C17H26F2N2O4. The Balaban J connectivity index is 2.26. The van der Waals surface area contributed by atoms with E-state index in [-0.39, 0.29) is 19.6 Å². The van der Waals surface area contributed by atoms with E-state index in [1.54, 1.807) is 0 Å². The van der Waals surface area contributed by atoms with E-state index in [2.05, 4.69) is 11.9 Å². The van der Waals surface area contributed by atoms with Crippen molar-refractivity contribution in [3.05, 3.63) is 23.8 Å². The van der Waals surface area contributed by atoms with Gasteiger partial charge in [-0.25, -0.2) is 18.4 Å². The lowest BCUT2D eigenvalue weighted by Crippen LogP contribution is -2.54. The van der Waals surface area contributed by atoms with Gasteiger partial charge in [-0.1, -0.05) is 18.2 Å². The number of amides is 1. The summed E-state index contributed by atoms with van der Waals surface area (Å²) in [6, 6.07) is 0. The minimum absolute atomic E-state index is 0.00519. The average molecular weight is 360 g/mol. The molecule has 0 fully saturated rings. The maximum absolute atomic E-state index is 12.7. The van der Waals surface area contributed by atoms with E-state index in [1.807, 2.05) is 13.0 Å². The van der Waals surface area contributed by atoms with Gasteiger partial charge in [0.1, 0.15) is 6.61 Å². The molecule has 8 heteroatoms. The van der Waals surface area contributed by atoms with Gasteiger partial charge in [0.25, 0.3) is 6.43 Å². The number of nitrogens with one attached hydrogen (secondary N) is 1. The lowest BCUT2D eigenvalue weighted by Gasteiger charge is -2.23. The average Bonchev–Trinajstić information content (AvgIpc) is 2.56. The Morgan fingerprint density at radius 2 is 2.24 bits per heavy atom. The minimum atomic E-state index is -3.18. The Labute approximate surface area is 146 Å². The standard InChI is InChI=1S/C17H26F2N2O4/c1-11(2)13-6-4-12(5-7-13)10-25-16(24)21-9-3-8-17(20,14(18)19)15(22)23/h4,13-14H,1,3,5-10,20H2,2H3,(H,21,24)(H,22,23). The Bertz CT molecular complexity index is 537. The van der Waals surface area contributed by atoms with E-state index in [9.17, 15) is 18.4 Å². The quantitative estimate of drug-likeness (QED) is 0.433. The second-order valence-corrected chi connectivity index (χ2v) is 6.43. The van der Waals surface area contributed by atoms with Crippen molar-refractivity contribution in [2.75, 3.05) is 13.2 Å². The normalized spacial score (nSPS) is 19.7. The van der Waals surface area contributed by atoms with Gasteiger partial charge >= 0.3 is 12.1 Å². The summed E-state index contributed by atoms with van der Waals surface area (Å²) >= 11 is 0. The minimum Gasteiger partial charge on any atom is -0.480 e. The number of alkyl halides is 2.